The average molecular weight is 333 g/mol. The van der Waals surface area contributed by atoms with Gasteiger partial charge in [0.25, 0.3) is 0 Å². The van der Waals surface area contributed by atoms with Crippen LogP contribution in [0.4, 0.5) is 0 Å². The van der Waals surface area contributed by atoms with Gasteiger partial charge < -0.3 is 5.11 Å². The normalized spacial score (nSPS) is 34.1. The molecule has 0 saturated heterocycles. The molecule has 1 fully saturated rings. The number of aliphatic hydroxyl groups is 1. The van der Waals surface area contributed by atoms with Gasteiger partial charge in [-0.3, -0.25) is 4.79 Å². The molecule has 0 spiro atoms. The molecule has 0 aromatic rings. The molecular formula is C22H36O2. The zero-order valence-corrected chi connectivity index (χ0v) is 16.9. The van der Waals surface area contributed by atoms with Gasteiger partial charge in [-0.05, 0) is 62.9 Å². The first-order valence-corrected chi connectivity index (χ1v) is 9.54. The molecule has 0 bridgehead atoms. The van der Waals surface area contributed by atoms with Crippen LogP contribution in [-0.4, -0.2) is 17.0 Å². The highest BCUT2D eigenvalue weighted by molar-refractivity contribution is 6.09. The molecule has 136 valence electrons. The molecule has 2 aliphatic carbocycles. The van der Waals surface area contributed by atoms with Gasteiger partial charge in [0.2, 0.25) is 0 Å². The van der Waals surface area contributed by atoms with E-state index in [0.717, 1.165) is 36.0 Å². The fourth-order valence-electron chi connectivity index (χ4n) is 5.58. The Hall–Kier alpha value is -0.890. The van der Waals surface area contributed by atoms with Crippen molar-refractivity contribution in [1.29, 1.82) is 0 Å². The molecule has 3 atom stereocenters. The number of carbonyl (C=O) groups excluding carboxylic acids is 1. The van der Waals surface area contributed by atoms with Gasteiger partial charge in [0.1, 0.15) is 0 Å². The lowest BCUT2D eigenvalue weighted by molar-refractivity contribution is -0.118. The summed E-state index contributed by atoms with van der Waals surface area (Å²) in [6.07, 6.45) is 3.56. The van der Waals surface area contributed by atoms with Gasteiger partial charge >= 0.3 is 0 Å². The number of hydrogen-bond donors (Lipinski definition) is 1. The van der Waals surface area contributed by atoms with Gasteiger partial charge in [0.15, 0.2) is 5.78 Å². The van der Waals surface area contributed by atoms with Gasteiger partial charge in [-0.1, -0.05) is 52.2 Å². The van der Waals surface area contributed by atoms with Crippen LogP contribution in [0.2, 0.25) is 0 Å². The Morgan fingerprint density at radius 1 is 1.17 bits per heavy atom. The lowest BCUT2D eigenvalue weighted by Gasteiger charge is -2.56. The summed E-state index contributed by atoms with van der Waals surface area (Å²) < 4.78 is 0. The molecule has 0 aliphatic heterocycles. The van der Waals surface area contributed by atoms with Crippen molar-refractivity contribution in [2.24, 2.45) is 22.7 Å². The molecular weight excluding hydrogens is 296 g/mol. The number of rotatable bonds is 3. The van der Waals surface area contributed by atoms with E-state index in [0.29, 0.717) is 12.3 Å². The smallest absolute Gasteiger partial charge is 0.185 e. The predicted molar refractivity (Wildman–Crippen MR) is 101 cm³/mol. The van der Waals surface area contributed by atoms with E-state index in [1.54, 1.807) is 0 Å². The van der Waals surface area contributed by atoms with Crippen LogP contribution in [0.25, 0.3) is 0 Å². The molecule has 1 N–H and O–H groups in total. The van der Waals surface area contributed by atoms with Gasteiger partial charge in [-0.25, -0.2) is 0 Å². The van der Waals surface area contributed by atoms with E-state index in [4.69, 9.17) is 0 Å². The Labute approximate surface area is 148 Å². The van der Waals surface area contributed by atoms with Crippen molar-refractivity contribution in [1.82, 2.24) is 0 Å². The Balaban J connectivity index is 2.58. The molecule has 2 rings (SSSR count). The van der Waals surface area contributed by atoms with Crippen LogP contribution < -0.4 is 0 Å². The van der Waals surface area contributed by atoms with Crippen LogP contribution in [0, 0.1) is 22.7 Å². The lowest BCUT2D eigenvalue weighted by Crippen LogP contribution is -2.53. The first kappa shape index (κ1) is 19.4. The van der Waals surface area contributed by atoms with Crippen LogP contribution >= 0.6 is 0 Å². The van der Waals surface area contributed by atoms with Crippen molar-refractivity contribution in [3.05, 3.63) is 22.3 Å². The highest BCUT2D eigenvalue weighted by atomic mass is 16.3. The third kappa shape index (κ3) is 3.03. The Morgan fingerprint density at radius 3 is 2.29 bits per heavy atom. The van der Waals surface area contributed by atoms with Crippen LogP contribution in [-0.2, 0) is 4.79 Å². The second-order valence-corrected chi connectivity index (χ2v) is 9.46. The van der Waals surface area contributed by atoms with Crippen LogP contribution in [0.15, 0.2) is 22.3 Å². The highest BCUT2D eigenvalue weighted by Crippen LogP contribution is 2.60. The average Bonchev–Trinajstić information content (AvgIpc) is 2.43. The maximum Gasteiger partial charge on any atom is 0.185 e. The minimum atomic E-state index is -0.336. The summed E-state index contributed by atoms with van der Waals surface area (Å²) in [5.41, 5.74) is 4.05. The van der Waals surface area contributed by atoms with Gasteiger partial charge in [0.05, 0.1) is 6.10 Å². The van der Waals surface area contributed by atoms with Crippen molar-refractivity contribution >= 4 is 5.78 Å². The number of ketones is 1. The summed E-state index contributed by atoms with van der Waals surface area (Å²) in [5, 5.41) is 10.9. The van der Waals surface area contributed by atoms with Crippen molar-refractivity contribution in [3.63, 3.8) is 0 Å². The summed E-state index contributed by atoms with van der Waals surface area (Å²) in [7, 11) is 0. The fourth-order valence-corrected chi connectivity index (χ4v) is 5.58. The largest absolute Gasteiger partial charge is 0.392 e. The van der Waals surface area contributed by atoms with E-state index >= 15 is 0 Å². The zero-order chi connectivity index (χ0) is 18.4. The van der Waals surface area contributed by atoms with Crippen molar-refractivity contribution in [2.45, 2.75) is 87.2 Å². The maximum atomic E-state index is 13.4. The van der Waals surface area contributed by atoms with Crippen LogP contribution in [0.1, 0.15) is 81.1 Å². The van der Waals surface area contributed by atoms with Crippen LogP contribution in [0.5, 0.6) is 0 Å². The third-order valence-corrected chi connectivity index (χ3v) is 6.97. The number of aliphatic hydroxyl groups excluding tert-OH is 1. The monoisotopic (exact) mass is 332 g/mol. The fraction of sp³-hybridized carbons (Fsp3) is 0.773. The third-order valence-electron chi connectivity index (χ3n) is 6.97. The molecule has 2 nitrogen and oxygen atoms in total. The topological polar surface area (TPSA) is 37.3 Å². The Bertz CT molecular complexity index is 591. The van der Waals surface area contributed by atoms with Crippen molar-refractivity contribution < 1.29 is 9.90 Å². The van der Waals surface area contributed by atoms with E-state index in [1.807, 2.05) is 6.92 Å². The summed E-state index contributed by atoms with van der Waals surface area (Å²) in [6.45, 7) is 17.2. The second-order valence-electron chi connectivity index (χ2n) is 9.46. The number of hydrogen-bond acceptors (Lipinski definition) is 2. The SMILES string of the molecule is CC1=C(C(=O)/C(C)=C(\C)C(C)C)[C@@]2(C)CCCC(C)(C)C2C(O)C1. The van der Waals surface area contributed by atoms with Gasteiger partial charge in [0, 0.05) is 11.0 Å². The lowest BCUT2D eigenvalue weighted by atomic mass is 9.48. The van der Waals surface area contributed by atoms with E-state index in [1.165, 1.54) is 5.57 Å². The summed E-state index contributed by atoms with van der Waals surface area (Å²) in [4.78, 5) is 13.4. The number of carbonyl (C=O) groups is 1. The summed E-state index contributed by atoms with van der Waals surface area (Å²) >= 11 is 0. The molecule has 2 unspecified atom stereocenters. The highest BCUT2D eigenvalue weighted by Gasteiger charge is 2.55. The Kier molecular flexibility index (Phi) is 5.22. The summed E-state index contributed by atoms with van der Waals surface area (Å²) in [5.74, 6) is 0.764. The van der Waals surface area contributed by atoms with Crippen molar-refractivity contribution in [2.75, 3.05) is 0 Å². The molecule has 0 radical (unpaired) electrons. The van der Waals surface area contributed by atoms with Crippen molar-refractivity contribution in [3.8, 4) is 0 Å². The molecule has 0 aromatic carbocycles. The quantitative estimate of drug-likeness (QED) is 0.697. The van der Waals surface area contributed by atoms with E-state index in [2.05, 4.69) is 48.5 Å². The molecule has 2 heteroatoms. The second kappa shape index (κ2) is 6.44. The number of allylic oxidation sites excluding steroid dienone is 3. The molecule has 0 amide bonds. The maximum absolute atomic E-state index is 13.4. The molecule has 0 aromatic heterocycles. The molecule has 0 heterocycles. The minimum absolute atomic E-state index is 0.0728. The van der Waals surface area contributed by atoms with E-state index in [9.17, 15) is 9.90 Å². The van der Waals surface area contributed by atoms with E-state index in [-0.39, 0.29) is 28.6 Å². The van der Waals surface area contributed by atoms with Gasteiger partial charge in [-0.2, -0.15) is 0 Å². The summed E-state index contributed by atoms with van der Waals surface area (Å²) in [6, 6.07) is 0. The number of fused-ring (bicyclic) bond motifs is 1. The molecule has 24 heavy (non-hydrogen) atoms. The first-order valence-electron chi connectivity index (χ1n) is 9.54. The van der Waals surface area contributed by atoms with E-state index < -0.39 is 0 Å². The molecule has 2 aliphatic rings. The minimum Gasteiger partial charge on any atom is -0.392 e. The van der Waals surface area contributed by atoms with Crippen LogP contribution in [0.3, 0.4) is 0 Å². The molecule has 1 saturated carbocycles. The van der Waals surface area contributed by atoms with Gasteiger partial charge in [-0.15, -0.1) is 0 Å². The first-order chi connectivity index (χ1) is 10.9. The Morgan fingerprint density at radius 2 is 1.75 bits per heavy atom. The predicted octanol–water partition coefficient (Wildman–Crippen LogP) is 5.46. The zero-order valence-electron chi connectivity index (χ0n) is 16.9. The standard InChI is InChI=1S/C22H36O2/c1-13(2)15(4)16(5)19(24)18-14(3)12-17(23)20-21(6,7)10-9-11-22(18,20)8/h13,17,20,23H,9-12H2,1-8H3/b16-15+/t17?,20?,22-/m1/s1. The number of Topliss-reactive ketones (excluding diaryl/α,β-unsaturated/α-hetero) is 1.